The maximum absolute atomic E-state index is 5.40. The molecule has 5 heteroatoms. The molecule has 0 aliphatic carbocycles. The van der Waals surface area contributed by atoms with Crippen molar-refractivity contribution in [3.8, 4) is 16.3 Å². The maximum atomic E-state index is 5.40. The molecular formula is C15H21N3OS. The lowest BCUT2D eigenvalue weighted by Crippen LogP contribution is -2.35. The van der Waals surface area contributed by atoms with Gasteiger partial charge in [-0.3, -0.25) is 0 Å². The number of methoxy groups -OCH3 is 1. The molecule has 1 N–H and O–H groups in total. The minimum absolute atomic E-state index is 0.0762. The van der Waals surface area contributed by atoms with Gasteiger partial charge in [-0.2, -0.15) is 0 Å². The first-order valence-electron chi connectivity index (χ1n) is 6.61. The summed E-state index contributed by atoms with van der Waals surface area (Å²) in [5.74, 6) is 0.835. The van der Waals surface area contributed by atoms with Crippen LogP contribution in [0.15, 0.2) is 18.2 Å². The molecule has 20 heavy (non-hydrogen) atoms. The van der Waals surface area contributed by atoms with Crippen molar-refractivity contribution in [3.05, 3.63) is 28.8 Å². The number of benzene rings is 1. The zero-order valence-corrected chi connectivity index (χ0v) is 13.5. The Balaban J connectivity index is 2.22. The number of aromatic nitrogens is 2. The van der Waals surface area contributed by atoms with Gasteiger partial charge in [0.1, 0.15) is 10.8 Å². The highest BCUT2D eigenvalue weighted by Crippen LogP contribution is 2.32. The van der Waals surface area contributed by atoms with Crippen LogP contribution in [0.4, 0.5) is 0 Å². The minimum Gasteiger partial charge on any atom is -0.496 e. The van der Waals surface area contributed by atoms with Crippen LogP contribution in [0, 0.1) is 6.92 Å². The lowest BCUT2D eigenvalue weighted by atomic mass is 10.1. The van der Waals surface area contributed by atoms with E-state index in [-0.39, 0.29) is 5.54 Å². The largest absolute Gasteiger partial charge is 0.496 e. The van der Waals surface area contributed by atoms with Crippen molar-refractivity contribution in [2.24, 2.45) is 0 Å². The Bertz CT molecular complexity index is 587. The van der Waals surface area contributed by atoms with Crippen LogP contribution < -0.4 is 10.1 Å². The quantitative estimate of drug-likeness (QED) is 0.937. The summed E-state index contributed by atoms with van der Waals surface area (Å²) >= 11 is 1.60. The molecule has 0 fully saturated rings. The Kier molecular flexibility index (Phi) is 4.40. The summed E-state index contributed by atoms with van der Waals surface area (Å²) in [5, 5.41) is 13.8. The van der Waals surface area contributed by atoms with Crippen molar-refractivity contribution in [3.63, 3.8) is 0 Å². The zero-order valence-electron chi connectivity index (χ0n) is 12.7. The van der Waals surface area contributed by atoms with Crippen molar-refractivity contribution >= 4 is 11.3 Å². The smallest absolute Gasteiger partial charge is 0.151 e. The molecule has 0 bridgehead atoms. The Labute approximate surface area is 124 Å². The SMILES string of the molecule is COc1ccc(C)cc1-c1nnc(CNC(C)(C)C)s1. The molecule has 1 heterocycles. The fourth-order valence-electron chi connectivity index (χ4n) is 1.76. The average molecular weight is 291 g/mol. The third-order valence-electron chi connectivity index (χ3n) is 2.82. The van der Waals surface area contributed by atoms with Crippen LogP contribution in [0.1, 0.15) is 31.3 Å². The number of aryl methyl sites for hydroxylation is 1. The number of hydrogen-bond donors (Lipinski definition) is 1. The first kappa shape index (κ1) is 14.9. The van der Waals surface area contributed by atoms with E-state index >= 15 is 0 Å². The summed E-state index contributed by atoms with van der Waals surface area (Å²) in [4.78, 5) is 0. The van der Waals surface area contributed by atoms with Crippen molar-refractivity contribution in [1.29, 1.82) is 0 Å². The summed E-state index contributed by atoms with van der Waals surface area (Å²) in [5.41, 5.74) is 2.27. The number of ether oxygens (including phenoxy) is 1. The second-order valence-corrected chi connectivity index (χ2v) is 6.87. The van der Waals surface area contributed by atoms with Gasteiger partial charge in [0.15, 0.2) is 5.01 Å². The van der Waals surface area contributed by atoms with Crippen molar-refractivity contribution in [2.45, 2.75) is 39.8 Å². The van der Waals surface area contributed by atoms with Crippen molar-refractivity contribution in [2.75, 3.05) is 7.11 Å². The summed E-state index contributed by atoms with van der Waals surface area (Å²) in [6.45, 7) is 9.21. The van der Waals surface area contributed by atoms with E-state index in [0.717, 1.165) is 27.9 Å². The van der Waals surface area contributed by atoms with Gasteiger partial charge in [0, 0.05) is 5.54 Å². The van der Waals surface area contributed by atoms with Crippen LogP contribution in [-0.4, -0.2) is 22.8 Å². The first-order valence-corrected chi connectivity index (χ1v) is 7.43. The van der Waals surface area contributed by atoms with E-state index in [2.05, 4.69) is 49.3 Å². The lowest BCUT2D eigenvalue weighted by Gasteiger charge is -2.19. The van der Waals surface area contributed by atoms with Crippen LogP contribution in [0.3, 0.4) is 0 Å². The van der Waals surface area contributed by atoms with Gasteiger partial charge in [0.25, 0.3) is 0 Å². The molecule has 2 aromatic rings. The van der Waals surface area contributed by atoms with E-state index in [0.29, 0.717) is 0 Å². The van der Waals surface area contributed by atoms with E-state index < -0.39 is 0 Å². The highest BCUT2D eigenvalue weighted by Gasteiger charge is 2.14. The third-order valence-corrected chi connectivity index (χ3v) is 3.78. The molecule has 0 saturated carbocycles. The van der Waals surface area contributed by atoms with Gasteiger partial charge < -0.3 is 10.1 Å². The predicted molar refractivity (Wildman–Crippen MR) is 83.2 cm³/mol. The van der Waals surface area contributed by atoms with Crippen LogP contribution in [0.5, 0.6) is 5.75 Å². The minimum atomic E-state index is 0.0762. The van der Waals surface area contributed by atoms with Gasteiger partial charge in [0.2, 0.25) is 0 Å². The lowest BCUT2D eigenvalue weighted by molar-refractivity contribution is 0.416. The van der Waals surface area contributed by atoms with Crippen molar-refractivity contribution in [1.82, 2.24) is 15.5 Å². The Morgan fingerprint density at radius 3 is 2.65 bits per heavy atom. The van der Waals surface area contributed by atoms with E-state index in [1.54, 1.807) is 18.4 Å². The highest BCUT2D eigenvalue weighted by atomic mass is 32.1. The van der Waals surface area contributed by atoms with Crippen LogP contribution in [-0.2, 0) is 6.54 Å². The Hall–Kier alpha value is -1.46. The van der Waals surface area contributed by atoms with Crippen LogP contribution in [0.2, 0.25) is 0 Å². The highest BCUT2D eigenvalue weighted by molar-refractivity contribution is 7.14. The summed E-state index contributed by atoms with van der Waals surface area (Å²) in [7, 11) is 1.68. The van der Waals surface area contributed by atoms with Crippen molar-refractivity contribution < 1.29 is 4.74 Å². The Morgan fingerprint density at radius 2 is 2.00 bits per heavy atom. The van der Waals surface area contributed by atoms with E-state index in [1.807, 2.05) is 12.1 Å². The molecule has 0 spiro atoms. The van der Waals surface area contributed by atoms with E-state index in [1.165, 1.54) is 5.56 Å². The molecule has 1 aromatic carbocycles. The molecule has 0 radical (unpaired) electrons. The average Bonchev–Trinajstić information content (AvgIpc) is 2.84. The molecular weight excluding hydrogens is 270 g/mol. The molecule has 2 rings (SSSR count). The molecule has 0 unspecified atom stereocenters. The topological polar surface area (TPSA) is 47.0 Å². The number of nitrogens with one attached hydrogen (secondary N) is 1. The number of rotatable bonds is 4. The predicted octanol–water partition coefficient (Wildman–Crippen LogP) is 3.41. The van der Waals surface area contributed by atoms with Gasteiger partial charge in [0.05, 0.1) is 19.2 Å². The molecule has 0 saturated heterocycles. The molecule has 108 valence electrons. The van der Waals surface area contributed by atoms with Gasteiger partial charge in [-0.1, -0.05) is 23.0 Å². The second-order valence-electron chi connectivity index (χ2n) is 5.81. The van der Waals surface area contributed by atoms with E-state index in [9.17, 15) is 0 Å². The standard InChI is InChI=1S/C15H21N3OS/c1-10-6-7-12(19-5)11(8-10)14-18-17-13(20-14)9-16-15(2,3)4/h6-8,16H,9H2,1-5H3. The van der Waals surface area contributed by atoms with Gasteiger partial charge >= 0.3 is 0 Å². The fourth-order valence-corrected chi connectivity index (χ4v) is 2.56. The molecule has 0 aliphatic heterocycles. The normalized spacial score (nSPS) is 11.7. The van der Waals surface area contributed by atoms with Gasteiger partial charge in [-0.05, 0) is 39.8 Å². The van der Waals surface area contributed by atoms with Crippen LogP contribution >= 0.6 is 11.3 Å². The molecule has 4 nitrogen and oxygen atoms in total. The molecule has 0 aliphatic rings. The summed E-state index contributed by atoms with van der Waals surface area (Å²) in [6.07, 6.45) is 0. The maximum Gasteiger partial charge on any atom is 0.151 e. The monoisotopic (exact) mass is 291 g/mol. The molecule has 1 aromatic heterocycles. The molecule has 0 atom stereocenters. The third kappa shape index (κ3) is 3.77. The fraction of sp³-hybridized carbons (Fsp3) is 0.467. The second kappa shape index (κ2) is 5.89. The molecule has 0 amide bonds. The van der Waals surface area contributed by atoms with Crippen LogP contribution in [0.25, 0.3) is 10.6 Å². The number of hydrogen-bond acceptors (Lipinski definition) is 5. The summed E-state index contributed by atoms with van der Waals surface area (Å²) in [6, 6.07) is 6.09. The van der Waals surface area contributed by atoms with Gasteiger partial charge in [-0.15, -0.1) is 10.2 Å². The van der Waals surface area contributed by atoms with Gasteiger partial charge in [-0.25, -0.2) is 0 Å². The Morgan fingerprint density at radius 1 is 1.25 bits per heavy atom. The number of nitrogens with zero attached hydrogens (tertiary/aromatic N) is 2. The zero-order chi connectivity index (χ0) is 14.8. The summed E-state index contributed by atoms with van der Waals surface area (Å²) < 4.78 is 5.40. The van der Waals surface area contributed by atoms with E-state index in [4.69, 9.17) is 4.74 Å². The first-order chi connectivity index (χ1) is 9.39.